The Morgan fingerprint density at radius 3 is 2.57 bits per heavy atom. The summed E-state index contributed by atoms with van der Waals surface area (Å²) >= 11 is 3.29. The van der Waals surface area contributed by atoms with Crippen molar-refractivity contribution in [2.45, 2.75) is 20.4 Å². The van der Waals surface area contributed by atoms with Gasteiger partial charge in [0.05, 0.1) is 19.4 Å². The number of aromatic nitrogens is 2. The van der Waals surface area contributed by atoms with Gasteiger partial charge in [-0.05, 0) is 47.5 Å². The van der Waals surface area contributed by atoms with Crippen LogP contribution in [0.1, 0.15) is 28.7 Å². The molecule has 122 valence electrons. The quantitative estimate of drug-likeness (QED) is 0.775. The first-order valence-corrected chi connectivity index (χ1v) is 7.92. The van der Waals surface area contributed by atoms with Gasteiger partial charge in [-0.25, -0.2) is 14.8 Å². The zero-order chi connectivity index (χ0) is 16.8. The highest BCUT2D eigenvalue weighted by Gasteiger charge is 2.18. The number of anilines is 1. The fourth-order valence-corrected chi connectivity index (χ4v) is 2.16. The molecule has 0 spiro atoms. The fourth-order valence-electron chi connectivity index (χ4n) is 1.89. The number of rotatable bonds is 6. The summed E-state index contributed by atoms with van der Waals surface area (Å²) in [6.07, 6.45) is 0. The molecule has 0 amide bonds. The van der Waals surface area contributed by atoms with Crippen LogP contribution in [0.3, 0.4) is 0 Å². The average Bonchev–Trinajstić information content (AvgIpc) is 2.56. The van der Waals surface area contributed by atoms with Crippen LogP contribution in [-0.2, 0) is 11.3 Å². The largest absolute Gasteiger partial charge is 0.497 e. The SMILES string of the molecule is CCOC(=O)c1nc(Br)c(C)nc1NCc1ccc(OC)cc1. The Bertz CT molecular complexity index is 690. The Morgan fingerprint density at radius 1 is 1.26 bits per heavy atom. The molecule has 0 saturated heterocycles. The van der Waals surface area contributed by atoms with Gasteiger partial charge >= 0.3 is 5.97 Å². The van der Waals surface area contributed by atoms with Crippen LogP contribution in [-0.4, -0.2) is 29.7 Å². The van der Waals surface area contributed by atoms with E-state index in [1.807, 2.05) is 31.2 Å². The number of esters is 1. The van der Waals surface area contributed by atoms with Crippen molar-refractivity contribution in [3.05, 3.63) is 45.8 Å². The van der Waals surface area contributed by atoms with E-state index < -0.39 is 5.97 Å². The molecule has 2 aromatic rings. The fraction of sp³-hybridized carbons (Fsp3) is 0.312. The molecule has 7 heteroatoms. The summed E-state index contributed by atoms with van der Waals surface area (Å²) in [5.41, 5.74) is 1.89. The molecule has 23 heavy (non-hydrogen) atoms. The number of nitrogens with zero attached hydrogens (tertiary/aromatic N) is 2. The molecule has 0 fully saturated rings. The first kappa shape index (κ1) is 17.2. The number of ether oxygens (including phenoxy) is 2. The van der Waals surface area contributed by atoms with Crippen LogP contribution >= 0.6 is 15.9 Å². The van der Waals surface area contributed by atoms with Crippen molar-refractivity contribution in [3.8, 4) is 5.75 Å². The van der Waals surface area contributed by atoms with Gasteiger partial charge in [-0.2, -0.15) is 0 Å². The number of hydrogen-bond acceptors (Lipinski definition) is 6. The molecule has 0 saturated carbocycles. The predicted octanol–water partition coefficient (Wildman–Crippen LogP) is 3.34. The third-order valence-corrected chi connectivity index (χ3v) is 3.85. The summed E-state index contributed by atoms with van der Waals surface area (Å²) in [6.45, 7) is 4.35. The lowest BCUT2D eigenvalue weighted by atomic mass is 10.2. The van der Waals surface area contributed by atoms with Gasteiger partial charge in [0.1, 0.15) is 10.4 Å². The molecule has 0 aliphatic heterocycles. The second kappa shape index (κ2) is 7.92. The molecular weight excluding hydrogens is 362 g/mol. The van der Waals surface area contributed by atoms with Gasteiger partial charge in [-0.3, -0.25) is 0 Å². The lowest BCUT2D eigenvalue weighted by Gasteiger charge is -2.12. The average molecular weight is 380 g/mol. The number of nitrogens with one attached hydrogen (secondary N) is 1. The molecule has 2 rings (SSSR count). The molecule has 0 aliphatic carbocycles. The second-order valence-electron chi connectivity index (χ2n) is 4.72. The summed E-state index contributed by atoms with van der Waals surface area (Å²) in [5, 5.41) is 3.14. The Hall–Kier alpha value is -2.15. The van der Waals surface area contributed by atoms with E-state index in [1.54, 1.807) is 14.0 Å². The van der Waals surface area contributed by atoms with Crippen LogP contribution < -0.4 is 10.1 Å². The third kappa shape index (κ3) is 4.41. The highest BCUT2D eigenvalue weighted by Crippen LogP contribution is 2.20. The highest BCUT2D eigenvalue weighted by atomic mass is 79.9. The number of benzene rings is 1. The summed E-state index contributed by atoms with van der Waals surface area (Å²) in [4.78, 5) is 20.6. The van der Waals surface area contributed by atoms with Gasteiger partial charge in [0.2, 0.25) is 0 Å². The lowest BCUT2D eigenvalue weighted by Crippen LogP contribution is -2.14. The minimum Gasteiger partial charge on any atom is -0.497 e. The van der Waals surface area contributed by atoms with Gasteiger partial charge < -0.3 is 14.8 Å². The normalized spacial score (nSPS) is 10.3. The van der Waals surface area contributed by atoms with Crippen molar-refractivity contribution in [3.63, 3.8) is 0 Å². The van der Waals surface area contributed by atoms with E-state index >= 15 is 0 Å². The summed E-state index contributed by atoms with van der Waals surface area (Å²) in [6, 6.07) is 7.63. The maximum absolute atomic E-state index is 12.0. The van der Waals surface area contributed by atoms with Gasteiger partial charge in [-0.15, -0.1) is 0 Å². The van der Waals surface area contributed by atoms with Crippen molar-refractivity contribution in [2.75, 3.05) is 19.0 Å². The number of aryl methyl sites for hydroxylation is 1. The smallest absolute Gasteiger partial charge is 0.360 e. The number of hydrogen-bond donors (Lipinski definition) is 1. The summed E-state index contributed by atoms with van der Waals surface area (Å²) in [7, 11) is 1.62. The first-order valence-electron chi connectivity index (χ1n) is 7.13. The van der Waals surface area contributed by atoms with E-state index in [1.165, 1.54) is 0 Å². The zero-order valence-corrected chi connectivity index (χ0v) is 14.8. The van der Waals surface area contributed by atoms with Gasteiger partial charge in [0.25, 0.3) is 0 Å². The number of carbonyl (C=O) groups excluding carboxylic acids is 1. The number of halogens is 1. The number of carbonyl (C=O) groups is 1. The van der Waals surface area contributed by atoms with Crippen molar-refractivity contribution in [1.82, 2.24) is 9.97 Å². The molecule has 1 N–H and O–H groups in total. The Balaban J connectivity index is 2.20. The molecule has 0 aliphatic rings. The molecule has 1 aromatic heterocycles. The monoisotopic (exact) mass is 379 g/mol. The van der Waals surface area contributed by atoms with Crippen LogP contribution in [0.5, 0.6) is 5.75 Å². The van der Waals surface area contributed by atoms with Crippen LogP contribution in [0.25, 0.3) is 0 Å². The summed E-state index contributed by atoms with van der Waals surface area (Å²) in [5.74, 6) is 0.693. The number of methoxy groups -OCH3 is 1. The minimum atomic E-state index is -0.502. The van der Waals surface area contributed by atoms with Gasteiger partial charge in [0, 0.05) is 6.54 Å². The van der Waals surface area contributed by atoms with Crippen LogP contribution in [0.4, 0.5) is 5.82 Å². The Labute approximate surface area is 143 Å². The van der Waals surface area contributed by atoms with Gasteiger partial charge in [0.15, 0.2) is 11.5 Å². The molecular formula is C16H18BrN3O3. The third-order valence-electron chi connectivity index (χ3n) is 3.10. The molecule has 0 unspecified atom stereocenters. The van der Waals surface area contributed by atoms with E-state index in [9.17, 15) is 4.79 Å². The van der Waals surface area contributed by atoms with Crippen LogP contribution in [0.15, 0.2) is 28.9 Å². The van der Waals surface area contributed by atoms with E-state index in [0.717, 1.165) is 11.3 Å². The molecule has 1 aromatic carbocycles. The van der Waals surface area contributed by atoms with E-state index in [4.69, 9.17) is 9.47 Å². The van der Waals surface area contributed by atoms with Crippen LogP contribution in [0.2, 0.25) is 0 Å². The van der Waals surface area contributed by atoms with E-state index in [2.05, 4.69) is 31.2 Å². The van der Waals surface area contributed by atoms with E-state index in [-0.39, 0.29) is 12.3 Å². The standard InChI is InChI=1S/C16H18BrN3O3/c1-4-23-16(21)13-15(19-10(2)14(17)20-13)18-9-11-5-7-12(22-3)8-6-11/h5-8H,4,9H2,1-3H3,(H,18,19). The molecule has 0 radical (unpaired) electrons. The Kier molecular flexibility index (Phi) is 5.92. The van der Waals surface area contributed by atoms with Crippen LogP contribution in [0, 0.1) is 6.92 Å². The maximum atomic E-state index is 12.0. The highest BCUT2D eigenvalue weighted by molar-refractivity contribution is 9.10. The van der Waals surface area contributed by atoms with Crippen molar-refractivity contribution in [2.24, 2.45) is 0 Å². The lowest BCUT2D eigenvalue weighted by molar-refractivity contribution is 0.0520. The molecule has 1 heterocycles. The van der Waals surface area contributed by atoms with Gasteiger partial charge in [-0.1, -0.05) is 12.1 Å². The predicted molar refractivity (Wildman–Crippen MR) is 90.7 cm³/mol. The van der Waals surface area contributed by atoms with Crippen molar-refractivity contribution in [1.29, 1.82) is 0 Å². The maximum Gasteiger partial charge on any atom is 0.360 e. The Morgan fingerprint density at radius 2 is 1.96 bits per heavy atom. The first-order chi connectivity index (χ1) is 11.0. The topological polar surface area (TPSA) is 73.3 Å². The molecule has 0 bridgehead atoms. The molecule has 0 atom stereocenters. The zero-order valence-electron chi connectivity index (χ0n) is 13.2. The minimum absolute atomic E-state index is 0.165. The second-order valence-corrected chi connectivity index (χ2v) is 5.47. The van der Waals surface area contributed by atoms with Crippen molar-refractivity contribution < 1.29 is 14.3 Å². The summed E-state index contributed by atoms with van der Waals surface area (Å²) < 4.78 is 10.7. The molecule has 6 nitrogen and oxygen atoms in total. The van der Waals surface area contributed by atoms with Crippen molar-refractivity contribution >= 4 is 27.7 Å². The van der Waals surface area contributed by atoms with E-state index in [0.29, 0.717) is 22.7 Å².